The van der Waals surface area contributed by atoms with Crippen molar-refractivity contribution in [2.45, 2.75) is 6.54 Å². The van der Waals surface area contributed by atoms with Gasteiger partial charge in [-0.3, -0.25) is 9.98 Å². The van der Waals surface area contributed by atoms with E-state index in [2.05, 4.69) is 66.9 Å². The first-order chi connectivity index (χ1) is 12.8. The third kappa shape index (κ3) is 4.52. The largest absolute Gasteiger partial charge is 0.360 e. The fourth-order valence-corrected chi connectivity index (χ4v) is 4.19. The van der Waals surface area contributed by atoms with Crippen molar-refractivity contribution in [3.05, 3.63) is 59.6 Å². The van der Waals surface area contributed by atoms with Crippen molar-refractivity contribution in [1.29, 1.82) is 0 Å². The summed E-state index contributed by atoms with van der Waals surface area (Å²) in [6.07, 6.45) is 1.88. The minimum Gasteiger partial charge on any atom is -0.360 e. The van der Waals surface area contributed by atoms with Crippen LogP contribution in [-0.2, 0) is 6.54 Å². The molecular weight excluding hydrogens is 469 g/mol. The molecule has 1 aliphatic heterocycles. The number of aromatic nitrogens is 1. The van der Waals surface area contributed by atoms with Crippen LogP contribution in [0.15, 0.2) is 59.0 Å². The van der Waals surface area contributed by atoms with Gasteiger partial charge >= 0.3 is 0 Å². The number of pyridine rings is 1. The molecule has 1 aromatic carbocycles. The molecule has 0 unspecified atom stereocenters. The van der Waals surface area contributed by atoms with E-state index in [0.717, 1.165) is 44.2 Å². The Morgan fingerprint density at radius 1 is 1.11 bits per heavy atom. The van der Waals surface area contributed by atoms with Gasteiger partial charge < -0.3 is 15.1 Å². The van der Waals surface area contributed by atoms with E-state index in [4.69, 9.17) is 0 Å². The minimum absolute atomic E-state index is 0. The van der Waals surface area contributed by atoms with Gasteiger partial charge in [0.2, 0.25) is 0 Å². The van der Waals surface area contributed by atoms with Crippen molar-refractivity contribution >= 4 is 57.2 Å². The number of thiophene rings is 1. The Kier molecular flexibility index (Phi) is 6.89. The highest BCUT2D eigenvalue weighted by Gasteiger charge is 2.20. The zero-order chi connectivity index (χ0) is 17.8. The number of piperazine rings is 1. The molecule has 7 heteroatoms. The van der Waals surface area contributed by atoms with E-state index in [-0.39, 0.29) is 24.0 Å². The molecule has 5 nitrogen and oxygen atoms in total. The van der Waals surface area contributed by atoms with Gasteiger partial charge in [-0.1, -0.05) is 18.2 Å². The number of guanidine groups is 1. The highest BCUT2D eigenvalue weighted by atomic mass is 127. The number of para-hydroxylation sites is 1. The van der Waals surface area contributed by atoms with Gasteiger partial charge in [-0.05, 0) is 35.2 Å². The van der Waals surface area contributed by atoms with E-state index in [9.17, 15) is 0 Å². The first-order valence-electron chi connectivity index (χ1n) is 8.92. The molecule has 4 rings (SSSR count). The molecule has 1 N–H and O–H groups in total. The average Bonchev–Trinajstić information content (AvgIpc) is 3.24. The van der Waals surface area contributed by atoms with Crippen molar-refractivity contribution in [3.8, 4) is 0 Å². The number of nitrogens with one attached hydrogen (secondary N) is 1. The fourth-order valence-electron chi connectivity index (χ4n) is 3.40. The van der Waals surface area contributed by atoms with E-state index in [1.54, 1.807) is 0 Å². The highest BCUT2D eigenvalue weighted by Crippen LogP contribution is 2.22. The number of anilines is 1. The van der Waals surface area contributed by atoms with Gasteiger partial charge in [-0.2, -0.15) is 0 Å². The fraction of sp³-hybridized carbons (Fsp3) is 0.300. The lowest BCUT2D eigenvalue weighted by Gasteiger charge is -2.37. The second-order valence-corrected chi connectivity index (χ2v) is 7.24. The van der Waals surface area contributed by atoms with Crippen molar-refractivity contribution in [2.75, 3.05) is 38.1 Å². The van der Waals surface area contributed by atoms with Crippen LogP contribution < -0.4 is 10.2 Å². The Bertz CT molecular complexity index is 883. The molecule has 3 heterocycles. The summed E-state index contributed by atoms with van der Waals surface area (Å²) in [7, 11) is 1.86. The molecule has 1 aliphatic rings. The summed E-state index contributed by atoms with van der Waals surface area (Å²) in [6, 6.07) is 14.7. The van der Waals surface area contributed by atoms with Crippen LogP contribution in [0.3, 0.4) is 0 Å². The molecule has 0 radical (unpaired) electrons. The predicted molar refractivity (Wildman–Crippen MR) is 125 cm³/mol. The van der Waals surface area contributed by atoms with Gasteiger partial charge in [-0.15, -0.1) is 35.3 Å². The lowest BCUT2D eigenvalue weighted by atomic mass is 10.1. The maximum absolute atomic E-state index is 4.49. The lowest BCUT2D eigenvalue weighted by molar-refractivity contribution is 0.373. The zero-order valence-corrected chi connectivity index (χ0v) is 18.5. The normalized spacial score (nSPS) is 14.9. The molecule has 0 spiro atoms. The first-order valence-corrected chi connectivity index (χ1v) is 9.80. The average molecular weight is 493 g/mol. The summed E-state index contributed by atoms with van der Waals surface area (Å²) in [5.74, 6) is 0.969. The Hall–Kier alpha value is -1.87. The van der Waals surface area contributed by atoms with Gasteiger partial charge in [0.05, 0.1) is 10.5 Å². The van der Waals surface area contributed by atoms with Gasteiger partial charge in [0.25, 0.3) is 0 Å². The smallest absolute Gasteiger partial charge is 0.194 e. The van der Waals surface area contributed by atoms with Crippen LogP contribution >= 0.6 is 35.3 Å². The molecule has 0 atom stereocenters. The maximum atomic E-state index is 4.49. The number of hydrogen-bond acceptors (Lipinski definition) is 4. The van der Waals surface area contributed by atoms with Crippen molar-refractivity contribution < 1.29 is 0 Å². The Morgan fingerprint density at radius 3 is 2.67 bits per heavy atom. The highest BCUT2D eigenvalue weighted by molar-refractivity contribution is 14.0. The van der Waals surface area contributed by atoms with E-state index >= 15 is 0 Å². The van der Waals surface area contributed by atoms with Crippen LogP contribution in [0, 0.1) is 0 Å². The van der Waals surface area contributed by atoms with E-state index < -0.39 is 0 Å². The lowest BCUT2D eigenvalue weighted by Crippen LogP contribution is -2.52. The van der Waals surface area contributed by atoms with Crippen LogP contribution in [0.25, 0.3) is 10.9 Å². The molecule has 1 fully saturated rings. The maximum Gasteiger partial charge on any atom is 0.194 e. The predicted octanol–water partition coefficient (Wildman–Crippen LogP) is 3.81. The van der Waals surface area contributed by atoms with Gasteiger partial charge in [0.1, 0.15) is 0 Å². The second-order valence-electron chi connectivity index (χ2n) is 6.31. The number of rotatable bonds is 3. The molecule has 2 aromatic heterocycles. The zero-order valence-electron chi connectivity index (χ0n) is 15.3. The first kappa shape index (κ1) is 19.9. The standard InChI is InChI=1S/C20H23N5S.HI/c1-21-20(25-12-10-24(11-13-25)19-7-4-14-26-19)23-15-16-8-9-22-18-6-3-2-5-17(16)18;/h2-9,14H,10-13,15H2,1H3,(H,21,23);1H. The third-order valence-electron chi connectivity index (χ3n) is 4.79. The second kappa shape index (κ2) is 9.36. The molecule has 1 saturated heterocycles. The monoisotopic (exact) mass is 493 g/mol. The van der Waals surface area contributed by atoms with Crippen molar-refractivity contribution in [3.63, 3.8) is 0 Å². The molecule has 3 aromatic rings. The van der Waals surface area contributed by atoms with Crippen LogP contribution in [0.2, 0.25) is 0 Å². The topological polar surface area (TPSA) is 43.8 Å². The Labute approximate surface area is 181 Å². The number of hydrogen-bond donors (Lipinski definition) is 1. The summed E-state index contributed by atoms with van der Waals surface area (Å²) >= 11 is 1.81. The SMILES string of the molecule is CN=C(NCc1ccnc2ccccc12)N1CCN(c2cccs2)CC1.I. The molecule has 0 aliphatic carbocycles. The minimum atomic E-state index is 0. The molecule has 0 bridgehead atoms. The van der Waals surface area contributed by atoms with Crippen molar-refractivity contribution in [2.24, 2.45) is 4.99 Å². The Morgan fingerprint density at radius 2 is 1.93 bits per heavy atom. The number of aliphatic imine (C=N–C) groups is 1. The Balaban J connectivity index is 0.00000210. The quantitative estimate of drug-likeness (QED) is 0.343. The van der Waals surface area contributed by atoms with Crippen LogP contribution in [-0.4, -0.2) is 49.1 Å². The van der Waals surface area contributed by atoms with Crippen LogP contribution in [0.1, 0.15) is 5.56 Å². The summed E-state index contributed by atoms with van der Waals surface area (Å²) in [5, 5.41) is 8.22. The summed E-state index contributed by atoms with van der Waals surface area (Å²) in [4.78, 5) is 13.7. The molecule has 142 valence electrons. The number of benzene rings is 1. The number of fused-ring (bicyclic) bond motifs is 1. The number of nitrogens with zero attached hydrogens (tertiary/aromatic N) is 4. The molecule has 0 amide bonds. The summed E-state index contributed by atoms with van der Waals surface area (Å²) in [6.45, 7) is 4.77. The van der Waals surface area contributed by atoms with Gasteiger partial charge in [0.15, 0.2) is 5.96 Å². The van der Waals surface area contributed by atoms with Crippen LogP contribution in [0.5, 0.6) is 0 Å². The third-order valence-corrected chi connectivity index (χ3v) is 5.71. The van der Waals surface area contributed by atoms with E-state index in [1.807, 2.05) is 30.6 Å². The molecule has 0 saturated carbocycles. The van der Waals surface area contributed by atoms with E-state index in [1.165, 1.54) is 16.0 Å². The summed E-state index contributed by atoms with van der Waals surface area (Å²) in [5.41, 5.74) is 2.28. The number of halogens is 1. The molecule has 27 heavy (non-hydrogen) atoms. The van der Waals surface area contributed by atoms with Crippen LogP contribution in [0.4, 0.5) is 5.00 Å². The van der Waals surface area contributed by atoms with Gasteiger partial charge in [0, 0.05) is 51.4 Å². The van der Waals surface area contributed by atoms with Gasteiger partial charge in [-0.25, -0.2) is 0 Å². The summed E-state index contributed by atoms with van der Waals surface area (Å²) < 4.78 is 0. The molecular formula is C20H24IN5S. The van der Waals surface area contributed by atoms with E-state index in [0.29, 0.717) is 0 Å². The van der Waals surface area contributed by atoms with Crippen molar-refractivity contribution in [1.82, 2.24) is 15.2 Å².